The predicted molar refractivity (Wildman–Crippen MR) is 572 cm³/mol. The lowest BCUT2D eigenvalue weighted by atomic mass is 9.71. The number of fused-ring (bicyclic) bond motifs is 5. The van der Waals surface area contributed by atoms with E-state index in [1.54, 1.807) is 34.9 Å². The molecule has 12 aliphatic heterocycles. The van der Waals surface area contributed by atoms with Gasteiger partial charge in [-0.3, -0.25) is 40.8 Å². The van der Waals surface area contributed by atoms with Crippen LogP contribution in [0.25, 0.3) is 11.2 Å². The number of H-pyrrole nitrogens is 1. The number of aromatic amines is 1. The number of likely N-dealkylation sites (N-methyl/N-ethyl adjacent to an activating group) is 4. The number of hydrogen-bond acceptors (Lipinski definition) is 30. The number of rotatable bonds is 24. The van der Waals surface area contributed by atoms with Crippen molar-refractivity contribution in [1.29, 1.82) is 0 Å². The van der Waals surface area contributed by atoms with Crippen LogP contribution in [0.2, 0.25) is 0 Å². The molecule has 12 aliphatic rings. The third kappa shape index (κ3) is 24.6. The van der Waals surface area contributed by atoms with Crippen molar-refractivity contribution in [2.75, 3.05) is 211 Å². The highest BCUT2D eigenvalue weighted by Gasteiger charge is 2.45. The van der Waals surface area contributed by atoms with E-state index in [0.29, 0.717) is 148 Å². The molecule has 8 saturated heterocycles. The molecular formula is C105H145N25O11S4. The number of allylic oxidation sites excluding steroid dienone is 1. The van der Waals surface area contributed by atoms with E-state index in [4.69, 9.17) is 54.3 Å². The average Bonchev–Trinajstić information content (AvgIpc) is 1.76. The van der Waals surface area contributed by atoms with Crippen LogP contribution in [0.5, 0.6) is 0 Å². The molecule has 6 aromatic heterocycles. The monoisotopic (exact) mass is 2060 g/mol. The molecule has 36 nitrogen and oxygen atoms in total. The Balaban J connectivity index is 0.000000145. The maximum atomic E-state index is 12.8. The molecule has 3 aromatic carbocycles. The number of amides is 5. The van der Waals surface area contributed by atoms with E-state index in [-0.39, 0.29) is 86.2 Å². The van der Waals surface area contributed by atoms with Gasteiger partial charge in [0.2, 0.25) is 53.3 Å². The summed E-state index contributed by atoms with van der Waals surface area (Å²) in [6.07, 6.45) is 17.2. The number of piperidine rings is 7. The number of hydrogen-bond donors (Lipinski definition) is 7. The van der Waals surface area contributed by atoms with Crippen LogP contribution in [0.3, 0.4) is 0 Å². The Labute approximate surface area is 862 Å². The molecular weight excluding hydrogens is 1920 g/mol. The van der Waals surface area contributed by atoms with Gasteiger partial charge in [0.05, 0.1) is 96.3 Å². The first-order valence-electron chi connectivity index (χ1n) is 50.1. The third-order valence-corrected chi connectivity index (χ3v) is 36.0. The number of nitrogens with zero attached hydrogens (tertiary/aromatic N) is 18. The fourth-order valence-electron chi connectivity index (χ4n) is 21.8. The smallest absolute Gasteiger partial charge is 0.234 e. The molecule has 7 N–H and O–H groups in total. The lowest BCUT2D eigenvalue weighted by Gasteiger charge is -2.42. The summed E-state index contributed by atoms with van der Waals surface area (Å²) in [5.41, 5.74) is 8.44. The molecule has 780 valence electrons. The van der Waals surface area contributed by atoms with E-state index in [0.717, 1.165) is 232 Å². The highest BCUT2D eigenvalue weighted by molar-refractivity contribution is 7.86. The van der Waals surface area contributed by atoms with E-state index < -0.39 is 43.2 Å². The summed E-state index contributed by atoms with van der Waals surface area (Å²) in [5.74, 6) is 10.5. The molecule has 8 fully saturated rings. The van der Waals surface area contributed by atoms with Gasteiger partial charge in [-0.1, -0.05) is 120 Å². The SMILES string of the molecule is C.C.C.C=C(OC)C1(c2ccccc2)CCN(c2nc3c(c(N[C@H]4CCC(=O)N(C)C4)n2)S(=O)CC3)CC1.CC(=O)NCC1(c2ccccc2)CCN(c2nc3c(c(N[C@H]4CCC(=O)N(C)C4)n2)S(=O)CC3)CC1.CN(C)CC(=O)NCC1(c2ccccc2)CCN(c2nc3c(c(N[C@H]4CCC(=O)N(C)C4)n2)S(=O)CC3)CC1.O=S1CCc2nc(N3CCC(c4nc5ncccc5[nH]4)CC3)nc(NC3CCOCC3)c21. The number of nitrogens with one attached hydrogen (secondary N) is 7. The van der Waals surface area contributed by atoms with E-state index in [9.17, 15) is 40.8 Å². The topological polar surface area (TPSA) is 415 Å². The molecule has 0 radical (unpaired) electrons. The number of carbonyl (C=O) groups excluding carboxylic acids is 5. The van der Waals surface area contributed by atoms with Crippen LogP contribution in [-0.2, 0) is 119 Å². The largest absolute Gasteiger partial charge is 0.501 e. The van der Waals surface area contributed by atoms with Gasteiger partial charge < -0.3 is 85.6 Å². The van der Waals surface area contributed by atoms with Crippen LogP contribution >= 0.6 is 0 Å². The number of aromatic nitrogens is 11. The first kappa shape index (κ1) is 108. The quantitative estimate of drug-likeness (QED) is 0.0276. The Morgan fingerprint density at radius 2 is 0.814 bits per heavy atom. The maximum absolute atomic E-state index is 12.8. The minimum absolute atomic E-state index is 0. The fraction of sp³-hybridized carbons (Fsp3) is 0.552. The Kier molecular flexibility index (Phi) is 35.6. The van der Waals surface area contributed by atoms with Crippen molar-refractivity contribution < 1.29 is 50.3 Å². The van der Waals surface area contributed by atoms with Gasteiger partial charge in [-0.25, -0.2) is 29.9 Å². The van der Waals surface area contributed by atoms with Crippen molar-refractivity contribution >= 4 is 131 Å². The molecule has 40 heteroatoms. The van der Waals surface area contributed by atoms with E-state index in [1.807, 2.05) is 70.5 Å². The summed E-state index contributed by atoms with van der Waals surface area (Å²) in [5, 5.41) is 20.3. The number of carbonyl (C=O) groups is 5. The summed E-state index contributed by atoms with van der Waals surface area (Å²) in [6, 6.07) is 35.8. The highest BCUT2D eigenvalue weighted by Crippen LogP contribution is 2.46. The number of aryl methyl sites for hydroxylation is 4. The van der Waals surface area contributed by atoms with E-state index in [2.05, 4.69) is 141 Å². The van der Waals surface area contributed by atoms with Crippen molar-refractivity contribution in [2.24, 2.45) is 0 Å². The first-order chi connectivity index (χ1) is 68.7. The zero-order valence-electron chi connectivity index (χ0n) is 82.4. The average molecular weight is 2060 g/mol. The van der Waals surface area contributed by atoms with E-state index >= 15 is 0 Å². The number of ether oxygens (including phenoxy) is 2. The van der Waals surface area contributed by atoms with Crippen LogP contribution in [0.15, 0.2) is 141 Å². The molecule has 0 spiro atoms. The standard InChI is InChI=1S/C28H39N7O3S.C26H34N6O3S.C26H33N5O3S.C22H27N7O2S.3CH4/c1-33(2)18-23(36)29-19-28(20-7-5-4-6-8-20)12-14-35(15-13-28)27-31-22-11-16-39(38)25(22)26(32-27)30-21-9-10-24(37)34(3)17-21;1-18(33)27-17-26(19-6-4-3-5-7-19)11-13-32(14-12-26)25-29-21-10-15-36(35)23(21)24(30-25)28-20-8-9-22(34)31(2)16-20;1-18(34-3)26(19-7-5-4-6-8-19)12-14-31(15-13-26)25-28-21-11-16-35(33)23(21)24(29-25)27-20-9-10-22(32)30(2)17-20;30-32-13-7-16-18(32)21(24-15-5-11-31-12-6-15)28-22(26-16)29-9-3-14(4-10-29)19-25-17-2-1-8-23-20(17)27-19;;;/h4-8,21H,9-19H2,1-3H3,(H,29,36)(H,30,31,32);3-7,20H,8-17H2,1-2H3,(H,27,33)(H,28,29,30);4-8,20H,1,9-17H2,2-3H3,(H,27,28,29);1-2,8,14-15H,3-7,9-13H2,(H,23,25,27)(H,24,26,28);3*1H4/t21-,39?;20-,36?;20-,35?;;;;/m000..../s1. The van der Waals surface area contributed by atoms with Crippen LogP contribution in [0, 0.1) is 0 Å². The molecule has 18 heterocycles. The first-order valence-corrected chi connectivity index (χ1v) is 55.4. The second-order valence-corrected chi connectivity index (χ2v) is 45.8. The fourth-order valence-corrected chi connectivity index (χ4v) is 27.0. The van der Waals surface area contributed by atoms with Gasteiger partial charge in [0, 0.05) is 241 Å². The Hall–Kier alpha value is -11.6. The second-order valence-electron chi connectivity index (χ2n) is 39.8. The number of likely N-dealkylation sites (tertiary alicyclic amines) is 3. The summed E-state index contributed by atoms with van der Waals surface area (Å²) in [6.45, 7) is 17.0. The molecule has 145 heavy (non-hydrogen) atoms. The molecule has 21 rings (SSSR count). The molecule has 4 unspecified atom stereocenters. The van der Waals surface area contributed by atoms with Gasteiger partial charge >= 0.3 is 0 Å². The zero-order chi connectivity index (χ0) is 98.9. The van der Waals surface area contributed by atoms with Gasteiger partial charge in [0.25, 0.3) is 0 Å². The number of imidazole rings is 1. The highest BCUT2D eigenvalue weighted by atomic mass is 32.2. The predicted octanol–water partition coefficient (Wildman–Crippen LogP) is 10.4. The summed E-state index contributed by atoms with van der Waals surface area (Å²) in [4.78, 5) is 130. The molecule has 0 bridgehead atoms. The van der Waals surface area contributed by atoms with Crippen molar-refractivity contribution in [1.82, 2.24) is 85.1 Å². The number of pyridine rings is 1. The Bertz CT molecular complexity index is 6140. The summed E-state index contributed by atoms with van der Waals surface area (Å²) in [7, 11) is 6.58. The number of anilines is 8. The molecule has 5 amide bonds. The molecule has 7 atom stereocenters. The molecule has 9 aromatic rings. The van der Waals surface area contributed by atoms with Gasteiger partial charge in [-0.15, -0.1) is 0 Å². The van der Waals surface area contributed by atoms with Crippen molar-refractivity contribution in [3.63, 3.8) is 0 Å². The van der Waals surface area contributed by atoms with Crippen LogP contribution < -0.4 is 51.5 Å². The minimum atomic E-state index is -1.12. The zero-order valence-corrected chi connectivity index (χ0v) is 85.7. The Morgan fingerprint density at radius 3 is 1.17 bits per heavy atom. The van der Waals surface area contributed by atoms with Crippen LogP contribution in [-0.4, -0.2) is 315 Å². The number of methoxy groups -OCH3 is 1. The minimum Gasteiger partial charge on any atom is -0.501 e. The van der Waals surface area contributed by atoms with Crippen LogP contribution in [0.1, 0.15) is 183 Å². The molecule has 0 aliphatic carbocycles. The normalized spacial score (nSPS) is 22.5. The lowest BCUT2D eigenvalue weighted by Crippen LogP contribution is -2.50. The molecule has 0 saturated carbocycles. The van der Waals surface area contributed by atoms with Gasteiger partial charge in [0.15, 0.2) is 5.65 Å². The van der Waals surface area contributed by atoms with E-state index in [1.165, 1.54) is 16.7 Å². The Morgan fingerprint density at radius 1 is 0.455 bits per heavy atom. The van der Waals surface area contributed by atoms with Gasteiger partial charge in [0.1, 0.15) is 48.7 Å². The maximum Gasteiger partial charge on any atom is 0.234 e. The second kappa shape index (κ2) is 47.9. The van der Waals surface area contributed by atoms with Crippen molar-refractivity contribution in [3.8, 4) is 0 Å². The van der Waals surface area contributed by atoms with Gasteiger partial charge in [-0.05, 0) is 126 Å². The summed E-state index contributed by atoms with van der Waals surface area (Å²) < 4.78 is 62.2. The van der Waals surface area contributed by atoms with Crippen molar-refractivity contribution in [2.45, 2.75) is 224 Å². The van der Waals surface area contributed by atoms with Gasteiger partial charge in [-0.2, -0.15) is 19.9 Å². The van der Waals surface area contributed by atoms with Crippen LogP contribution in [0.4, 0.5) is 47.1 Å². The summed E-state index contributed by atoms with van der Waals surface area (Å²) >= 11 is 0. The lowest BCUT2D eigenvalue weighted by molar-refractivity contribution is -0.132. The number of benzene rings is 3. The van der Waals surface area contributed by atoms with Crippen molar-refractivity contribution in [3.05, 3.63) is 167 Å². The third-order valence-electron chi connectivity index (χ3n) is 30.2.